The first kappa shape index (κ1) is 6.69. The number of aliphatic imine (C=N–C) groups is 1. The van der Waals surface area contributed by atoms with Crippen molar-refractivity contribution in [3.63, 3.8) is 0 Å². The van der Waals surface area contributed by atoms with E-state index in [0.717, 1.165) is 0 Å². The summed E-state index contributed by atoms with van der Waals surface area (Å²) in [7, 11) is 0. The van der Waals surface area contributed by atoms with Crippen LogP contribution in [0.4, 0.5) is 0 Å². The van der Waals surface area contributed by atoms with Crippen LogP contribution in [0.3, 0.4) is 0 Å². The second kappa shape index (κ2) is 2.44. The van der Waals surface area contributed by atoms with Crippen molar-refractivity contribution in [2.45, 2.75) is 6.17 Å². The molecular weight excluding hydrogens is 136 g/mol. The zero-order valence-electron chi connectivity index (χ0n) is 5.02. The highest BCUT2D eigenvalue weighted by Crippen LogP contribution is 2.02. The van der Waals surface area contributed by atoms with Gasteiger partial charge in [-0.05, 0) is 0 Å². The van der Waals surface area contributed by atoms with E-state index < -0.39 is 11.1 Å². The Hall–Kier alpha value is -1.43. The molecule has 0 aromatic heterocycles. The van der Waals surface area contributed by atoms with Crippen molar-refractivity contribution in [2.75, 3.05) is 0 Å². The van der Waals surface area contributed by atoms with Crippen LogP contribution in [0.5, 0.6) is 0 Å². The van der Waals surface area contributed by atoms with Crippen LogP contribution in [0.2, 0.25) is 0 Å². The first-order valence-electron chi connectivity index (χ1n) is 2.59. The number of nitrogens with zero attached hydrogens (tertiary/aromatic N) is 2. The van der Waals surface area contributed by atoms with Gasteiger partial charge in [-0.1, -0.05) is 0 Å². The molecule has 54 valence electrons. The molecule has 0 radical (unpaired) electrons. The lowest BCUT2D eigenvalue weighted by Gasteiger charge is -2.06. The number of hydrogen-bond acceptors (Lipinski definition) is 5. The average Bonchev–Trinajstić information content (AvgIpc) is 1.88. The van der Waals surface area contributed by atoms with E-state index in [-0.39, 0.29) is 5.70 Å². The Balaban J connectivity index is 2.76. The van der Waals surface area contributed by atoms with Crippen LogP contribution in [0.15, 0.2) is 16.9 Å². The smallest absolute Gasteiger partial charge is 0.300 e. The van der Waals surface area contributed by atoms with Crippen molar-refractivity contribution in [3.05, 3.63) is 22.0 Å². The summed E-state index contributed by atoms with van der Waals surface area (Å²) in [6, 6.07) is 0. The van der Waals surface area contributed by atoms with Gasteiger partial charge in [-0.2, -0.15) is 0 Å². The summed E-state index contributed by atoms with van der Waals surface area (Å²) in [6.07, 6.45) is 1.70. The standard InChI is InChI=1S/C4H6N4O2/c5-4-3(8(9)10)1-6-2-7-4/h1-2,4H,5H2,(H,6,7). The molecule has 0 saturated carbocycles. The molecule has 1 unspecified atom stereocenters. The predicted molar refractivity (Wildman–Crippen MR) is 34.7 cm³/mol. The van der Waals surface area contributed by atoms with Crippen LogP contribution < -0.4 is 11.1 Å². The maximum absolute atomic E-state index is 10.1. The molecule has 6 heteroatoms. The second-order valence-electron chi connectivity index (χ2n) is 1.72. The number of rotatable bonds is 1. The zero-order valence-corrected chi connectivity index (χ0v) is 5.02. The van der Waals surface area contributed by atoms with Crippen molar-refractivity contribution in [1.29, 1.82) is 0 Å². The zero-order chi connectivity index (χ0) is 7.56. The molecular formula is C4H6N4O2. The minimum atomic E-state index is -0.837. The summed E-state index contributed by atoms with van der Waals surface area (Å²) >= 11 is 0. The molecule has 3 N–H and O–H groups in total. The highest BCUT2D eigenvalue weighted by Gasteiger charge is 2.20. The van der Waals surface area contributed by atoms with Gasteiger partial charge in [0.05, 0.1) is 17.5 Å². The lowest BCUT2D eigenvalue weighted by molar-refractivity contribution is -0.430. The van der Waals surface area contributed by atoms with Crippen LogP contribution in [-0.4, -0.2) is 17.4 Å². The number of nitro groups is 1. The van der Waals surface area contributed by atoms with Crippen LogP contribution >= 0.6 is 0 Å². The van der Waals surface area contributed by atoms with Gasteiger partial charge in [0.15, 0.2) is 6.17 Å². The molecule has 0 spiro atoms. The Morgan fingerprint density at radius 1 is 1.90 bits per heavy atom. The van der Waals surface area contributed by atoms with Crippen LogP contribution in [0.1, 0.15) is 0 Å². The van der Waals surface area contributed by atoms with Gasteiger partial charge in [-0.15, -0.1) is 0 Å². The van der Waals surface area contributed by atoms with Crippen molar-refractivity contribution in [3.8, 4) is 0 Å². The van der Waals surface area contributed by atoms with E-state index in [0.29, 0.717) is 0 Å². The van der Waals surface area contributed by atoms with Gasteiger partial charge in [0.25, 0.3) is 0 Å². The molecule has 0 amide bonds. The van der Waals surface area contributed by atoms with Gasteiger partial charge < -0.3 is 11.1 Å². The molecule has 1 aliphatic rings. The Kier molecular flexibility index (Phi) is 1.63. The van der Waals surface area contributed by atoms with E-state index in [2.05, 4.69) is 10.3 Å². The Morgan fingerprint density at radius 2 is 2.60 bits per heavy atom. The maximum atomic E-state index is 10.1. The number of nitrogens with two attached hydrogens (primary N) is 1. The minimum Gasteiger partial charge on any atom is -0.347 e. The lowest BCUT2D eigenvalue weighted by Crippen LogP contribution is -2.30. The highest BCUT2D eigenvalue weighted by atomic mass is 16.6. The molecule has 6 nitrogen and oxygen atoms in total. The molecule has 0 aliphatic carbocycles. The molecule has 0 fully saturated rings. The van der Waals surface area contributed by atoms with Gasteiger partial charge in [0, 0.05) is 0 Å². The van der Waals surface area contributed by atoms with Gasteiger partial charge in [0.1, 0.15) is 0 Å². The molecule has 0 aromatic carbocycles. The predicted octanol–water partition coefficient (Wildman–Crippen LogP) is -0.979. The van der Waals surface area contributed by atoms with E-state index in [9.17, 15) is 10.1 Å². The normalized spacial score (nSPS) is 23.3. The Labute approximate surface area is 56.6 Å². The quantitative estimate of drug-likeness (QED) is 0.363. The third kappa shape index (κ3) is 1.11. The fraction of sp³-hybridized carbons (Fsp3) is 0.250. The fourth-order valence-corrected chi connectivity index (χ4v) is 0.568. The van der Waals surface area contributed by atoms with E-state index in [1.165, 1.54) is 12.5 Å². The summed E-state index contributed by atoms with van der Waals surface area (Å²) in [5, 5.41) is 12.6. The first-order valence-corrected chi connectivity index (χ1v) is 2.59. The van der Waals surface area contributed by atoms with Crippen molar-refractivity contribution >= 4 is 6.34 Å². The molecule has 1 heterocycles. The molecule has 1 atom stereocenters. The summed E-state index contributed by atoms with van der Waals surface area (Å²) in [5.41, 5.74) is 5.11. The highest BCUT2D eigenvalue weighted by molar-refractivity contribution is 5.58. The SMILES string of the molecule is NC1N=CNC=C1[N+](=O)[O-]. The van der Waals surface area contributed by atoms with Crippen LogP contribution in [0, 0.1) is 10.1 Å². The third-order valence-electron chi connectivity index (χ3n) is 1.05. The van der Waals surface area contributed by atoms with E-state index in [1.807, 2.05) is 0 Å². The van der Waals surface area contributed by atoms with E-state index >= 15 is 0 Å². The van der Waals surface area contributed by atoms with Gasteiger partial charge >= 0.3 is 5.70 Å². The fourth-order valence-electron chi connectivity index (χ4n) is 0.568. The monoisotopic (exact) mass is 142 g/mol. The minimum absolute atomic E-state index is 0.123. The molecule has 10 heavy (non-hydrogen) atoms. The Bertz CT molecular complexity index is 209. The van der Waals surface area contributed by atoms with Gasteiger partial charge in [0.2, 0.25) is 0 Å². The second-order valence-corrected chi connectivity index (χ2v) is 1.72. The van der Waals surface area contributed by atoms with E-state index in [4.69, 9.17) is 5.73 Å². The average molecular weight is 142 g/mol. The van der Waals surface area contributed by atoms with E-state index in [1.54, 1.807) is 0 Å². The van der Waals surface area contributed by atoms with Crippen molar-refractivity contribution < 1.29 is 4.92 Å². The number of hydrogen-bond donors (Lipinski definition) is 2. The summed E-state index contributed by atoms with van der Waals surface area (Å²) < 4.78 is 0. The molecule has 0 bridgehead atoms. The molecule has 1 rings (SSSR count). The van der Waals surface area contributed by atoms with Crippen LogP contribution in [0.25, 0.3) is 0 Å². The van der Waals surface area contributed by atoms with Crippen molar-refractivity contribution in [1.82, 2.24) is 5.32 Å². The molecule has 0 aromatic rings. The molecule has 1 aliphatic heterocycles. The maximum Gasteiger partial charge on any atom is 0.300 e. The van der Waals surface area contributed by atoms with Gasteiger partial charge in [-0.3, -0.25) is 10.1 Å². The van der Waals surface area contributed by atoms with Crippen molar-refractivity contribution in [2.24, 2.45) is 10.7 Å². The molecule has 0 saturated heterocycles. The third-order valence-corrected chi connectivity index (χ3v) is 1.05. The summed E-state index contributed by atoms with van der Waals surface area (Å²) in [6.45, 7) is 0. The van der Waals surface area contributed by atoms with Gasteiger partial charge in [-0.25, -0.2) is 4.99 Å². The number of nitrogens with one attached hydrogen (secondary N) is 1. The topological polar surface area (TPSA) is 93.5 Å². The Morgan fingerprint density at radius 3 is 3.00 bits per heavy atom. The summed E-state index contributed by atoms with van der Waals surface area (Å²) in [4.78, 5) is 13.1. The van der Waals surface area contributed by atoms with Crippen LogP contribution in [-0.2, 0) is 0 Å². The summed E-state index contributed by atoms with van der Waals surface area (Å²) in [5.74, 6) is 0. The first-order chi connectivity index (χ1) is 4.72. The largest absolute Gasteiger partial charge is 0.347 e. The lowest BCUT2D eigenvalue weighted by atomic mass is 10.4.